The van der Waals surface area contributed by atoms with Gasteiger partial charge in [-0.05, 0) is 25.7 Å². The van der Waals surface area contributed by atoms with Crippen LogP contribution in [0, 0.1) is 5.92 Å². The zero-order valence-electron chi connectivity index (χ0n) is 14.5. The van der Waals surface area contributed by atoms with Crippen molar-refractivity contribution in [2.75, 3.05) is 6.54 Å². The number of nitrogens with zero attached hydrogens (tertiary/aromatic N) is 1. The van der Waals surface area contributed by atoms with Crippen LogP contribution in [-0.4, -0.2) is 40.9 Å². The molecule has 1 atom stereocenters. The maximum absolute atomic E-state index is 12.8. The molecule has 1 saturated heterocycles. The van der Waals surface area contributed by atoms with E-state index in [2.05, 4.69) is 10.6 Å². The standard InChI is InChI=1S/C17H29N3O3/c1-12(2)13(3)18-14(21)11-20-15(22)17(19-16(20)23)9-7-5-4-6-8-10-17/h12-13H,4-11H2,1-3H3,(H,18,21)(H,19,23). The lowest BCUT2D eigenvalue weighted by atomic mass is 9.84. The van der Waals surface area contributed by atoms with E-state index >= 15 is 0 Å². The number of hydrogen-bond donors (Lipinski definition) is 2. The van der Waals surface area contributed by atoms with E-state index in [1.807, 2.05) is 20.8 Å². The molecule has 130 valence electrons. The van der Waals surface area contributed by atoms with Gasteiger partial charge in [-0.15, -0.1) is 0 Å². The Bertz CT molecular complexity index is 468. The minimum Gasteiger partial charge on any atom is -0.352 e. The van der Waals surface area contributed by atoms with Crippen LogP contribution < -0.4 is 10.6 Å². The zero-order chi connectivity index (χ0) is 17.0. The predicted octanol–water partition coefficient (Wildman–Crippen LogP) is 2.18. The lowest BCUT2D eigenvalue weighted by Crippen LogP contribution is -2.48. The van der Waals surface area contributed by atoms with E-state index in [1.165, 1.54) is 6.42 Å². The highest BCUT2D eigenvalue weighted by Crippen LogP contribution is 2.31. The molecule has 1 aliphatic heterocycles. The minimum atomic E-state index is -0.776. The van der Waals surface area contributed by atoms with Crippen molar-refractivity contribution in [3.05, 3.63) is 0 Å². The van der Waals surface area contributed by atoms with Gasteiger partial charge in [0.25, 0.3) is 5.91 Å². The molecule has 0 aromatic carbocycles. The summed E-state index contributed by atoms with van der Waals surface area (Å²) in [4.78, 5) is 38.2. The van der Waals surface area contributed by atoms with Gasteiger partial charge in [-0.1, -0.05) is 46.0 Å². The molecule has 6 heteroatoms. The Labute approximate surface area is 138 Å². The number of carbonyl (C=O) groups excluding carboxylic acids is 3. The average molecular weight is 323 g/mol. The molecule has 2 rings (SSSR count). The molecule has 0 aromatic rings. The van der Waals surface area contributed by atoms with E-state index in [-0.39, 0.29) is 24.4 Å². The van der Waals surface area contributed by atoms with Gasteiger partial charge in [0.2, 0.25) is 5.91 Å². The van der Waals surface area contributed by atoms with Crippen LogP contribution >= 0.6 is 0 Å². The van der Waals surface area contributed by atoms with Gasteiger partial charge in [-0.25, -0.2) is 4.79 Å². The van der Waals surface area contributed by atoms with E-state index in [9.17, 15) is 14.4 Å². The van der Waals surface area contributed by atoms with E-state index in [0.717, 1.165) is 30.6 Å². The maximum atomic E-state index is 12.8. The third kappa shape index (κ3) is 4.03. The summed E-state index contributed by atoms with van der Waals surface area (Å²) in [6.07, 6.45) is 6.62. The van der Waals surface area contributed by atoms with Crippen LogP contribution in [0.2, 0.25) is 0 Å². The summed E-state index contributed by atoms with van der Waals surface area (Å²) >= 11 is 0. The second kappa shape index (κ2) is 7.32. The molecule has 1 spiro atoms. The molecule has 1 unspecified atom stereocenters. The molecule has 2 aliphatic rings. The summed E-state index contributed by atoms with van der Waals surface area (Å²) in [7, 11) is 0. The smallest absolute Gasteiger partial charge is 0.325 e. The summed E-state index contributed by atoms with van der Waals surface area (Å²) in [5, 5.41) is 5.72. The number of hydrogen-bond acceptors (Lipinski definition) is 3. The summed E-state index contributed by atoms with van der Waals surface area (Å²) in [5.74, 6) is -0.201. The van der Waals surface area contributed by atoms with Gasteiger partial charge >= 0.3 is 6.03 Å². The monoisotopic (exact) mass is 323 g/mol. The molecular weight excluding hydrogens is 294 g/mol. The molecule has 4 amide bonds. The second-order valence-corrected chi connectivity index (χ2v) is 7.27. The highest BCUT2D eigenvalue weighted by atomic mass is 16.2. The van der Waals surface area contributed by atoms with Crippen LogP contribution in [0.5, 0.6) is 0 Å². The van der Waals surface area contributed by atoms with Crippen molar-refractivity contribution in [2.24, 2.45) is 5.92 Å². The molecule has 1 aliphatic carbocycles. The van der Waals surface area contributed by atoms with Gasteiger partial charge in [0.1, 0.15) is 12.1 Å². The molecule has 1 saturated carbocycles. The molecule has 0 radical (unpaired) electrons. The topological polar surface area (TPSA) is 78.5 Å². The van der Waals surface area contributed by atoms with Gasteiger partial charge in [-0.3, -0.25) is 14.5 Å². The average Bonchev–Trinajstić information content (AvgIpc) is 2.68. The van der Waals surface area contributed by atoms with Gasteiger partial charge in [0.15, 0.2) is 0 Å². The molecule has 0 aromatic heterocycles. The Hall–Kier alpha value is -1.59. The molecular formula is C17H29N3O3. The van der Waals surface area contributed by atoms with Crippen LogP contribution in [0.1, 0.15) is 65.7 Å². The quantitative estimate of drug-likeness (QED) is 0.778. The van der Waals surface area contributed by atoms with Crippen molar-refractivity contribution >= 4 is 17.8 Å². The largest absolute Gasteiger partial charge is 0.352 e. The lowest BCUT2D eigenvalue weighted by molar-refractivity contribution is -0.135. The summed E-state index contributed by atoms with van der Waals surface area (Å²) in [6, 6.07) is -0.415. The molecule has 1 heterocycles. The maximum Gasteiger partial charge on any atom is 0.325 e. The minimum absolute atomic E-state index is 0.0126. The van der Waals surface area contributed by atoms with Gasteiger partial charge in [-0.2, -0.15) is 0 Å². The Balaban J connectivity index is 2.01. The van der Waals surface area contributed by atoms with Crippen LogP contribution in [-0.2, 0) is 9.59 Å². The van der Waals surface area contributed by atoms with Crippen molar-refractivity contribution in [1.82, 2.24) is 15.5 Å². The molecule has 2 fully saturated rings. The third-order valence-corrected chi connectivity index (χ3v) is 5.14. The van der Waals surface area contributed by atoms with Crippen molar-refractivity contribution in [3.8, 4) is 0 Å². The summed E-state index contributed by atoms with van der Waals surface area (Å²) in [6.45, 7) is 5.76. The fraction of sp³-hybridized carbons (Fsp3) is 0.824. The molecule has 0 bridgehead atoms. The summed E-state index contributed by atoms with van der Waals surface area (Å²) < 4.78 is 0. The van der Waals surface area contributed by atoms with Crippen molar-refractivity contribution in [3.63, 3.8) is 0 Å². The third-order valence-electron chi connectivity index (χ3n) is 5.14. The fourth-order valence-electron chi connectivity index (χ4n) is 3.28. The fourth-order valence-corrected chi connectivity index (χ4v) is 3.28. The first-order valence-electron chi connectivity index (χ1n) is 8.79. The van der Waals surface area contributed by atoms with Crippen molar-refractivity contribution in [1.29, 1.82) is 0 Å². The van der Waals surface area contributed by atoms with Crippen LogP contribution in [0.25, 0.3) is 0 Å². The number of nitrogens with one attached hydrogen (secondary N) is 2. The van der Waals surface area contributed by atoms with Crippen molar-refractivity contribution < 1.29 is 14.4 Å². The Morgan fingerprint density at radius 3 is 2.26 bits per heavy atom. The van der Waals surface area contributed by atoms with Gasteiger partial charge in [0.05, 0.1) is 0 Å². The highest BCUT2D eigenvalue weighted by Gasteiger charge is 2.50. The van der Waals surface area contributed by atoms with E-state index < -0.39 is 11.6 Å². The molecule has 23 heavy (non-hydrogen) atoms. The van der Waals surface area contributed by atoms with E-state index in [1.54, 1.807) is 0 Å². The first-order chi connectivity index (χ1) is 10.9. The first kappa shape index (κ1) is 17.8. The summed E-state index contributed by atoms with van der Waals surface area (Å²) in [5.41, 5.74) is -0.776. The van der Waals surface area contributed by atoms with Crippen molar-refractivity contribution in [2.45, 2.75) is 77.3 Å². The lowest BCUT2D eigenvalue weighted by Gasteiger charge is -2.28. The predicted molar refractivity (Wildman–Crippen MR) is 87.7 cm³/mol. The number of rotatable bonds is 4. The Kier molecular flexibility index (Phi) is 5.65. The first-order valence-corrected chi connectivity index (χ1v) is 8.79. The van der Waals surface area contributed by atoms with Crippen LogP contribution in [0.15, 0.2) is 0 Å². The van der Waals surface area contributed by atoms with Gasteiger partial charge in [0, 0.05) is 6.04 Å². The Morgan fingerprint density at radius 2 is 1.70 bits per heavy atom. The highest BCUT2D eigenvalue weighted by molar-refractivity contribution is 6.09. The normalized spacial score (nSPS) is 22.7. The van der Waals surface area contributed by atoms with Crippen LogP contribution in [0.3, 0.4) is 0 Å². The van der Waals surface area contributed by atoms with Crippen LogP contribution in [0.4, 0.5) is 4.79 Å². The number of urea groups is 1. The number of imide groups is 1. The SMILES string of the molecule is CC(C)C(C)NC(=O)CN1C(=O)NC2(CCCCCCC2)C1=O. The van der Waals surface area contributed by atoms with E-state index in [0.29, 0.717) is 18.8 Å². The molecule has 6 nitrogen and oxygen atoms in total. The number of carbonyl (C=O) groups is 3. The number of amides is 4. The van der Waals surface area contributed by atoms with Gasteiger partial charge < -0.3 is 10.6 Å². The zero-order valence-corrected chi connectivity index (χ0v) is 14.5. The van der Waals surface area contributed by atoms with E-state index in [4.69, 9.17) is 0 Å². The second-order valence-electron chi connectivity index (χ2n) is 7.27. The molecule has 2 N–H and O–H groups in total. The Morgan fingerprint density at radius 1 is 1.13 bits per heavy atom.